The van der Waals surface area contributed by atoms with Gasteiger partial charge in [0.15, 0.2) is 0 Å². The van der Waals surface area contributed by atoms with Crippen molar-refractivity contribution in [2.45, 2.75) is 33.2 Å². The minimum Gasteiger partial charge on any atom is -0.494 e. The van der Waals surface area contributed by atoms with E-state index in [0.717, 1.165) is 19.5 Å². The number of nitrogens with zero attached hydrogens (tertiary/aromatic N) is 1. The van der Waals surface area contributed by atoms with Crippen LogP contribution in [0, 0.1) is 5.92 Å². The Labute approximate surface area is 161 Å². The molecule has 1 unspecified atom stereocenters. The molecule has 1 fully saturated rings. The van der Waals surface area contributed by atoms with E-state index in [2.05, 4.69) is 34.1 Å². The molecule has 3 N–H and O–H groups in total. The first-order chi connectivity index (χ1) is 12.7. The number of likely N-dealkylation sites (tertiary alicyclic amines) is 1. The quantitative estimate of drug-likeness (QED) is 0.624. The van der Waals surface area contributed by atoms with E-state index >= 15 is 0 Å². The molecule has 0 bridgehead atoms. The van der Waals surface area contributed by atoms with Gasteiger partial charge in [0.1, 0.15) is 5.75 Å². The summed E-state index contributed by atoms with van der Waals surface area (Å²) < 4.78 is 31.1. The predicted octanol–water partition coefficient (Wildman–Crippen LogP) is 2.31. The summed E-state index contributed by atoms with van der Waals surface area (Å²) in [4.78, 5) is 14.6. The number of nitrogens with one attached hydrogen (secondary N) is 3. The molecule has 9 heteroatoms. The smallest absolute Gasteiger partial charge is 0.319 e. The third kappa shape index (κ3) is 6.28. The third-order valence-corrected chi connectivity index (χ3v) is 5.99. The fourth-order valence-electron chi connectivity index (χ4n) is 3.00. The largest absolute Gasteiger partial charge is 0.494 e. The zero-order valence-electron chi connectivity index (χ0n) is 16.4. The van der Waals surface area contributed by atoms with E-state index in [9.17, 15) is 13.2 Å². The van der Waals surface area contributed by atoms with Gasteiger partial charge in [-0.3, -0.25) is 4.72 Å². The molecule has 152 valence electrons. The first kappa shape index (κ1) is 21.3. The number of benzene rings is 1. The summed E-state index contributed by atoms with van der Waals surface area (Å²) in [5.74, 6) is 0.764. The van der Waals surface area contributed by atoms with E-state index in [1.165, 1.54) is 7.11 Å². The number of amides is 2. The Kier molecular flexibility index (Phi) is 7.32. The maximum absolute atomic E-state index is 12.2. The van der Waals surface area contributed by atoms with Crippen LogP contribution in [0.15, 0.2) is 18.2 Å². The van der Waals surface area contributed by atoms with E-state index in [0.29, 0.717) is 35.6 Å². The summed E-state index contributed by atoms with van der Waals surface area (Å²) in [6, 6.07) is 5.02. The Morgan fingerprint density at radius 2 is 2.11 bits per heavy atom. The SMILES string of the molecule is CCS(=O)(=O)Nc1ccc(NC(=O)NCC2CCN(C(C)C)C2)cc1OC. The van der Waals surface area contributed by atoms with Crippen LogP contribution in [0.5, 0.6) is 5.75 Å². The van der Waals surface area contributed by atoms with Crippen LogP contribution in [-0.4, -0.2) is 57.9 Å². The molecule has 0 radical (unpaired) electrons. The molecule has 27 heavy (non-hydrogen) atoms. The summed E-state index contributed by atoms with van der Waals surface area (Å²) in [7, 11) is -1.96. The average molecular weight is 399 g/mol. The van der Waals surface area contributed by atoms with Gasteiger partial charge in [-0.2, -0.15) is 0 Å². The van der Waals surface area contributed by atoms with E-state index in [1.807, 2.05) is 0 Å². The van der Waals surface area contributed by atoms with E-state index < -0.39 is 10.0 Å². The number of hydrogen-bond acceptors (Lipinski definition) is 5. The number of hydrogen-bond donors (Lipinski definition) is 3. The van der Waals surface area contributed by atoms with Crippen LogP contribution in [0.3, 0.4) is 0 Å². The van der Waals surface area contributed by atoms with Gasteiger partial charge in [0.25, 0.3) is 0 Å². The molecule has 1 aliphatic heterocycles. The summed E-state index contributed by atoms with van der Waals surface area (Å²) in [6.45, 7) is 8.61. The Morgan fingerprint density at radius 1 is 1.37 bits per heavy atom. The Hall–Kier alpha value is -2.00. The second-order valence-corrected chi connectivity index (χ2v) is 9.01. The molecule has 0 aliphatic carbocycles. The lowest BCUT2D eigenvalue weighted by atomic mass is 10.1. The summed E-state index contributed by atoms with van der Waals surface area (Å²) in [5, 5.41) is 5.66. The van der Waals surface area contributed by atoms with Gasteiger partial charge < -0.3 is 20.3 Å². The predicted molar refractivity (Wildman–Crippen MR) is 108 cm³/mol. The monoisotopic (exact) mass is 398 g/mol. The maximum Gasteiger partial charge on any atom is 0.319 e. The number of sulfonamides is 1. The lowest BCUT2D eigenvalue weighted by molar-refractivity contribution is 0.247. The number of carbonyl (C=O) groups is 1. The fourth-order valence-corrected chi connectivity index (χ4v) is 3.65. The molecule has 1 saturated heterocycles. The van der Waals surface area contributed by atoms with Gasteiger partial charge in [-0.1, -0.05) is 0 Å². The van der Waals surface area contributed by atoms with Gasteiger partial charge in [-0.25, -0.2) is 13.2 Å². The highest BCUT2D eigenvalue weighted by Crippen LogP contribution is 2.28. The first-order valence-corrected chi connectivity index (χ1v) is 10.9. The van der Waals surface area contributed by atoms with Crippen molar-refractivity contribution < 1.29 is 17.9 Å². The number of anilines is 2. The van der Waals surface area contributed by atoms with E-state index in [4.69, 9.17) is 4.74 Å². The second kappa shape index (κ2) is 9.27. The number of methoxy groups -OCH3 is 1. The molecule has 0 aromatic heterocycles. The molecule has 1 aromatic rings. The van der Waals surface area contributed by atoms with E-state index in [-0.39, 0.29) is 11.8 Å². The van der Waals surface area contributed by atoms with Crippen molar-refractivity contribution in [3.8, 4) is 5.75 Å². The molecular formula is C18H30N4O4S. The van der Waals surface area contributed by atoms with Crippen LogP contribution in [0.4, 0.5) is 16.2 Å². The molecule has 2 rings (SSSR count). The van der Waals surface area contributed by atoms with Crippen molar-refractivity contribution in [2.75, 3.05) is 42.5 Å². The van der Waals surface area contributed by atoms with Crippen molar-refractivity contribution in [2.24, 2.45) is 5.92 Å². The van der Waals surface area contributed by atoms with Crippen LogP contribution < -0.4 is 20.1 Å². The van der Waals surface area contributed by atoms with Crippen LogP contribution in [0.25, 0.3) is 0 Å². The van der Waals surface area contributed by atoms with Crippen molar-refractivity contribution in [1.29, 1.82) is 0 Å². The topological polar surface area (TPSA) is 99.8 Å². The van der Waals surface area contributed by atoms with Gasteiger partial charge in [0.05, 0.1) is 18.6 Å². The molecule has 2 amide bonds. The lowest BCUT2D eigenvalue weighted by Gasteiger charge is -2.20. The zero-order valence-corrected chi connectivity index (χ0v) is 17.2. The molecule has 0 saturated carbocycles. The molecule has 0 spiro atoms. The molecule has 8 nitrogen and oxygen atoms in total. The molecular weight excluding hydrogens is 368 g/mol. The van der Waals surface area contributed by atoms with Gasteiger partial charge >= 0.3 is 6.03 Å². The Balaban J connectivity index is 1.90. The Bertz CT molecular complexity index is 752. The van der Waals surface area contributed by atoms with Crippen LogP contribution in [0.2, 0.25) is 0 Å². The molecule has 1 heterocycles. The minimum absolute atomic E-state index is 0.0338. The van der Waals surface area contributed by atoms with E-state index in [1.54, 1.807) is 25.1 Å². The van der Waals surface area contributed by atoms with Crippen LogP contribution in [-0.2, 0) is 10.0 Å². The van der Waals surface area contributed by atoms with Gasteiger partial charge in [0.2, 0.25) is 10.0 Å². The van der Waals surface area contributed by atoms with Crippen LogP contribution >= 0.6 is 0 Å². The number of ether oxygens (including phenoxy) is 1. The zero-order chi connectivity index (χ0) is 20.0. The number of urea groups is 1. The van der Waals surface area contributed by atoms with Gasteiger partial charge in [-0.15, -0.1) is 0 Å². The molecule has 1 atom stereocenters. The number of rotatable bonds is 8. The third-order valence-electron chi connectivity index (χ3n) is 4.70. The second-order valence-electron chi connectivity index (χ2n) is 7.00. The number of carbonyl (C=O) groups excluding carboxylic acids is 1. The fraction of sp³-hybridized carbons (Fsp3) is 0.611. The highest BCUT2D eigenvalue weighted by molar-refractivity contribution is 7.92. The Morgan fingerprint density at radius 3 is 2.70 bits per heavy atom. The summed E-state index contributed by atoms with van der Waals surface area (Å²) in [6.07, 6.45) is 1.08. The van der Waals surface area contributed by atoms with Crippen molar-refractivity contribution in [1.82, 2.24) is 10.2 Å². The van der Waals surface area contributed by atoms with Crippen molar-refractivity contribution in [3.05, 3.63) is 18.2 Å². The molecule has 1 aliphatic rings. The maximum atomic E-state index is 12.2. The van der Waals surface area contributed by atoms with Gasteiger partial charge in [0, 0.05) is 30.9 Å². The normalized spacial score (nSPS) is 17.7. The van der Waals surface area contributed by atoms with Crippen molar-refractivity contribution >= 4 is 27.4 Å². The highest BCUT2D eigenvalue weighted by Gasteiger charge is 2.24. The van der Waals surface area contributed by atoms with Crippen LogP contribution in [0.1, 0.15) is 27.2 Å². The highest BCUT2D eigenvalue weighted by atomic mass is 32.2. The molecule has 1 aromatic carbocycles. The first-order valence-electron chi connectivity index (χ1n) is 9.21. The standard InChI is InChI=1S/C18H30N4O4S/c1-5-27(24,25)21-16-7-6-15(10-17(16)26-4)20-18(23)19-11-14-8-9-22(12-14)13(2)3/h6-7,10,13-14,21H,5,8-9,11-12H2,1-4H3,(H2,19,20,23). The summed E-state index contributed by atoms with van der Waals surface area (Å²) in [5.41, 5.74) is 0.865. The lowest BCUT2D eigenvalue weighted by Crippen LogP contribution is -2.35. The van der Waals surface area contributed by atoms with Crippen molar-refractivity contribution in [3.63, 3.8) is 0 Å². The summed E-state index contributed by atoms with van der Waals surface area (Å²) >= 11 is 0. The minimum atomic E-state index is -3.40. The average Bonchev–Trinajstić information content (AvgIpc) is 3.10. The van der Waals surface area contributed by atoms with Gasteiger partial charge in [-0.05, 0) is 51.8 Å².